The average molecular weight is 216 g/mol. The van der Waals surface area contributed by atoms with Gasteiger partial charge in [0.15, 0.2) is 0 Å². The molecular weight excluding hydrogens is 204 g/mol. The van der Waals surface area contributed by atoms with Crippen LogP contribution < -0.4 is 0 Å². The van der Waals surface area contributed by atoms with E-state index >= 15 is 0 Å². The molecule has 0 heteroatoms. The van der Waals surface area contributed by atoms with Gasteiger partial charge < -0.3 is 0 Å². The first-order valence-electron chi connectivity index (χ1n) is 5.98. The first kappa shape index (κ1) is 9.00. The van der Waals surface area contributed by atoms with E-state index in [1.165, 1.54) is 39.0 Å². The summed E-state index contributed by atoms with van der Waals surface area (Å²) in [5, 5.41) is 0. The highest BCUT2D eigenvalue weighted by Crippen LogP contribution is 2.51. The van der Waals surface area contributed by atoms with Gasteiger partial charge in [-0.25, -0.2) is 0 Å². The Morgan fingerprint density at radius 1 is 0.706 bits per heavy atom. The quantitative estimate of drug-likeness (QED) is 0.609. The van der Waals surface area contributed by atoms with Crippen LogP contribution in [-0.4, -0.2) is 0 Å². The lowest BCUT2D eigenvalue weighted by Crippen LogP contribution is -1.81. The summed E-state index contributed by atoms with van der Waals surface area (Å²) < 4.78 is 0. The number of hydrogen-bond acceptors (Lipinski definition) is 0. The van der Waals surface area contributed by atoms with Crippen molar-refractivity contribution in [1.82, 2.24) is 0 Å². The molecule has 0 radical (unpaired) electrons. The van der Waals surface area contributed by atoms with Crippen molar-refractivity contribution in [2.45, 2.75) is 6.92 Å². The lowest BCUT2D eigenvalue weighted by atomic mass is 10.0. The fraction of sp³-hybridized carbons (Fsp3) is 0.0588. The molecular formula is C17H12. The van der Waals surface area contributed by atoms with Crippen LogP contribution in [0.25, 0.3) is 22.8 Å². The molecule has 0 nitrogen and oxygen atoms in total. The molecule has 0 heterocycles. The third kappa shape index (κ3) is 1.03. The molecule has 0 fully saturated rings. The van der Waals surface area contributed by atoms with Gasteiger partial charge in [0.1, 0.15) is 0 Å². The second-order valence-electron chi connectivity index (χ2n) is 4.69. The Labute approximate surface area is 101 Å². The Bertz CT molecular complexity index is 699. The van der Waals surface area contributed by atoms with Crippen LogP contribution in [0.3, 0.4) is 0 Å². The van der Waals surface area contributed by atoms with E-state index in [9.17, 15) is 0 Å². The van der Waals surface area contributed by atoms with Gasteiger partial charge in [0.25, 0.3) is 0 Å². The topological polar surface area (TPSA) is 0 Å². The predicted octanol–water partition coefficient (Wildman–Crippen LogP) is 4.48. The molecule has 4 rings (SSSR count). The molecule has 0 aliphatic heterocycles. The zero-order valence-electron chi connectivity index (χ0n) is 9.70. The van der Waals surface area contributed by atoms with Gasteiger partial charge in [-0.05, 0) is 52.0 Å². The van der Waals surface area contributed by atoms with Crippen LogP contribution in [-0.2, 0) is 0 Å². The van der Waals surface area contributed by atoms with Gasteiger partial charge >= 0.3 is 0 Å². The zero-order chi connectivity index (χ0) is 11.4. The lowest BCUT2D eigenvalue weighted by molar-refractivity contribution is 1.56. The van der Waals surface area contributed by atoms with E-state index in [2.05, 4.69) is 61.5 Å². The third-order valence-corrected chi connectivity index (χ3v) is 3.80. The van der Waals surface area contributed by atoms with Gasteiger partial charge in [-0.1, -0.05) is 48.5 Å². The molecule has 0 amide bonds. The molecule has 0 spiro atoms. The smallest absolute Gasteiger partial charge is 0.00635 e. The van der Waals surface area contributed by atoms with Gasteiger partial charge in [-0.15, -0.1) is 0 Å². The number of rotatable bonds is 0. The van der Waals surface area contributed by atoms with Crippen molar-refractivity contribution in [2.75, 3.05) is 0 Å². The van der Waals surface area contributed by atoms with E-state index < -0.39 is 0 Å². The Morgan fingerprint density at radius 2 is 1.35 bits per heavy atom. The minimum absolute atomic E-state index is 1.35. The third-order valence-electron chi connectivity index (χ3n) is 3.80. The Hall–Kier alpha value is -2.08. The van der Waals surface area contributed by atoms with Crippen molar-refractivity contribution in [3.8, 4) is 0 Å². The monoisotopic (exact) mass is 216 g/mol. The molecule has 2 aliphatic carbocycles. The van der Waals surface area contributed by atoms with Gasteiger partial charge in [0, 0.05) is 0 Å². The maximum Gasteiger partial charge on any atom is -0.00635 e. The van der Waals surface area contributed by atoms with Gasteiger partial charge in [0.2, 0.25) is 0 Å². The standard InChI is InChI=1S/C17H12/c1-11-13-7-4-5-9-15(13)16-10-12-6-2-3-8-14(12)17(11)16/h2-10H,1H3. The molecule has 0 N–H and O–H groups in total. The van der Waals surface area contributed by atoms with Crippen molar-refractivity contribution >= 4 is 22.8 Å². The highest BCUT2D eigenvalue weighted by molar-refractivity contribution is 6.28. The summed E-state index contributed by atoms with van der Waals surface area (Å²) in [7, 11) is 0. The number of allylic oxidation sites excluding steroid dienone is 3. The lowest BCUT2D eigenvalue weighted by Gasteiger charge is -2.02. The fourth-order valence-electron chi connectivity index (χ4n) is 3.02. The largest absolute Gasteiger partial charge is 0.0616 e. The van der Waals surface area contributed by atoms with Crippen LogP contribution >= 0.6 is 0 Å². The fourth-order valence-corrected chi connectivity index (χ4v) is 3.02. The van der Waals surface area contributed by atoms with Crippen LogP contribution in [0.4, 0.5) is 0 Å². The SMILES string of the molecule is CC1=C2C(=Cc3ccccc32)c2ccccc21. The van der Waals surface area contributed by atoms with Gasteiger partial charge in [0.05, 0.1) is 0 Å². The summed E-state index contributed by atoms with van der Waals surface area (Å²) in [6.07, 6.45) is 2.32. The van der Waals surface area contributed by atoms with Crippen LogP contribution in [0.2, 0.25) is 0 Å². The van der Waals surface area contributed by atoms with Crippen LogP contribution in [0.1, 0.15) is 29.2 Å². The minimum Gasteiger partial charge on any atom is -0.0616 e. The van der Waals surface area contributed by atoms with Gasteiger partial charge in [-0.2, -0.15) is 0 Å². The minimum atomic E-state index is 1.35. The maximum absolute atomic E-state index is 2.32. The van der Waals surface area contributed by atoms with E-state index in [1.54, 1.807) is 0 Å². The summed E-state index contributed by atoms with van der Waals surface area (Å²) >= 11 is 0. The molecule has 2 aliphatic rings. The molecule has 17 heavy (non-hydrogen) atoms. The average Bonchev–Trinajstić information content (AvgIpc) is 2.88. The molecule has 0 bridgehead atoms. The second kappa shape index (κ2) is 2.98. The van der Waals surface area contributed by atoms with Crippen molar-refractivity contribution in [2.24, 2.45) is 0 Å². The maximum atomic E-state index is 2.32. The summed E-state index contributed by atoms with van der Waals surface area (Å²) in [6.45, 7) is 2.23. The molecule has 80 valence electrons. The van der Waals surface area contributed by atoms with Crippen molar-refractivity contribution in [3.05, 3.63) is 70.8 Å². The van der Waals surface area contributed by atoms with E-state index in [1.807, 2.05) is 0 Å². The Kier molecular flexibility index (Phi) is 1.58. The van der Waals surface area contributed by atoms with Crippen molar-refractivity contribution in [1.29, 1.82) is 0 Å². The Morgan fingerprint density at radius 3 is 2.18 bits per heavy atom. The van der Waals surface area contributed by atoms with E-state index in [0.717, 1.165) is 0 Å². The predicted molar refractivity (Wildman–Crippen MR) is 73.2 cm³/mol. The summed E-state index contributed by atoms with van der Waals surface area (Å²) in [4.78, 5) is 0. The Balaban J connectivity index is 2.09. The van der Waals surface area contributed by atoms with Crippen LogP contribution in [0, 0.1) is 0 Å². The van der Waals surface area contributed by atoms with Crippen LogP contribution in [0.5, 0.6) is 0 Å². The second-order valence-corrected chi connectivity index (χ2v) is 4.69. The first-order valence-corrected chi connectivity index (χ1v) is 5.98. The van der Waals surface area contributed by atoms with E-state index in [0.29, 0.717) is 0 Å². The molecule has 2 aromatic carbocycles. The van der Waals surface area contributed by atoms with E-state index in [4.69, 9.17) is 0 Å². The van der Waals surface area contributed by atoms with Crippen LogP contribution in [0.15, 0.2) is 48.5 Å². The van der Waals surface area contributed by atoms with Gasteiger partial charge in [-0.3, -0.25) is 0 Å². The molecule has 0 saturated carbocycles. The van der Waals surface area contributed by atoms with Crippen molar-refractivity contribution in [3.63, 3.8) is 0 Å². The molecule has 0 saturated heterocycles. The molecule has 0 unspecified atom stereocenters. The summed E-state index contributed by atoms with van der Waals surface area (Å²) in [5.74, 6) is 0. The molecule has 2 aromatic rings. The molecule has 0 atom stereocenters. The molecule has 0 aromatic heterocycles. The zero-order valence-corrected chi connectivity index (χ0v) is 9.70. The summed E-state index contributed by atoms with van der Waals surface area (Å²) in [5.41, 5.74) is 9.76. The highest BCUT2D eigenvalue weighted by atomic mass is 14.3. The number of benzene rings is 2. The first-order chi connectivity index (χ1) is 8.36. The number of fused-ring (bicyclic) bond motifs is 5. The summed E-state index contributed by atoms with van der Waals surface area (Å²) in [6, 6.07) is 17.4. The highest BCUT2D eigenvalue weighted by Gasteiger charge is 2.29. The normalized spacial score (nSPS) is 15.5. The van der Waals surface area contributed by atoms with E-state index in [-0.39, 0.29) is 0 Å². The van der Waals surface area contributed by atoms with Crippen molar-refractivity contribution < 1.29 is 0 Å². The number of hydrogen-bond donors (Lipinski definition) is 0.